The molecule has 2 aromatic rings. The Morgan fingerprint density at radius 3 is 2.74 bits per heavy atom. The van der Waals surface area contributed by atoms with Gasteiger partial charge in [-0.25, -0.2) is 0 Å². The van der Waals surface area contributed by atoms with Crippen LogP contribution in [-0.4, -0.2) is 40.7 Å². The molecule has 0 bridgehead atoms. The molecule has 1 saturated carbocycles. The number of aromatic amines is 1. The first-order valence-electron chi connectivity index (χ1n) is 9.80. The van der Waals surface area contributed by atoms with E-state index in [4.69, 9.17) is 4.74 Å². The number of hydrogen-bond donors (Lipinski definition) is 2. The maximum atomic E-state index is 12.9. The second kappa shape index (κ2) is 9.04. The minimum atomic E-state index is -0.203. The van der Waals surface area contributed by atoms with Gasteiger partial charge in [0.1, 0.15) is 5.75 Å². The van der Waals surface area contributed by atoms with Gasteiger partial charge in [0.2, 0.25) is 5.91 Å². The van der Waals surface area contributed by atoms with E-state index in [1.807, 2.05) is 31.2 Å². The fraction of sp³-hybridized carbons (Fsp3) is 0.524. The van der Waals surface area contributed by atoms with Crippen molar-refractivity contribution < 1.29 is 14.6 Å². The van der Waals surface area contributed by atoms with Crippen molar-refractivity contribution in [3.05, 3.63) is 40.2 Å². The van der Waals surface area contributed by atoms with Gasteiger partial charge in [0, 0.05) is 28.9 Å². The second-order valence-electron chi connectivity index (χ2n) is 7.12. The number of carbonyl (C=O) groups excluding carboxylic acids is 1. The lowest BCUT2D eigenvalue weighted by molar-refractivity contribution is -0.137. The van der Waals surface area contributed by atoms with Gasteiger partial charge in [0.05, 0.1) is 19.8 Å². The summed E-state index contributed by atoms with van der Waals surface area (Å²) in [6.45, 7) is 2.83. The van der Waals surface area contributed by atoms with Crippen LogP contribution in [0.2, 0.25) is 0 Å². The number of H-pyrrole nitrogens is 1. The van der Waals surface area contributed by atoms with Gasteiger partial charge in [0.15, 0.2) is 0 Å². The predicted molar refractivity (Wildman–Crippen MR) is 105 cm³/mol. The van der Waals surface area contributed by atoms with Crippen molar-refractivity contribution in [3.8, 4) is 5.75 Å². The third-order valence-corrected chi connectivity index (χ3v) is 5.20. The molecular formula is C21H28N2O4. The first kappa shape index (κ1) is 19.4. The minimum Gasteiger partial charge on any atom is -0.494 e. The second-order valence-corrected chi connectivity index (χ2v) is 7.12. The number of nitrogens with zero attached hydrogens (tertiary/aromatic N) is 1. The Balaban J connectivity index is 1.85. The zero-order chi connectivity index (χ0) is 19.2. The summed E-state index contributed by atoms with van der Waals surface area (Å²) in [5, 5.41) is 10.3. The summed E-state index contributed by atoms with van der Waals surface area (Å²) in [7, 11) is 0. The summed E-state index contributed by atoms with van der Waals surface area (Å²) in [4.78, 5) is 29.9. The number of pyridine rings is 1. The lowest BCUT2D eigenvalue weighted by Crippen LogP contribution is -2.39. The molecule has 1 aromatic heterocycles. The third-order valence-electron chi connectivity index (χ3n) is 5.20. The van der Waals surface area contributed by atoms with Gasteiger partial charge < -0.3 is 19.7 Å². The van der Waals surface area contributed by atoms with Crippen molar-refractivity contribution in [1.82, 2.24) is 9.88 Å². The highest BCUT2D eigenvalue weighted by molar-refractivity contribution is 5.81. The van der Waals surface area contributed by atoms with E-state index >= 15 is 0 Å². The van der Waals surface area contributed by atoms with E-state index < -0.39 is 0 Å². The van der Waals surface area contributed by atoms with Crippen molar-refractivity contribution in [3.63, 3.8) is 0 Å². The molecule has 1 aliphatic rings. The molecule has 3 rings (SSSR count). The maximum absolute atomic E-state index is 12.9. The summed E-state index contributed by atoms with van der Waals surface area (Å²) in [5.41, 5.74) is 1.05. The molecule has 2 N–H and O–H groups in total. The van der Waals surface area contributed by atoms with Gasteiger partial charge in [-0.05, 0) is 44.0 Å². The molecule has 6 nitrogen and oxygen atoms in total. The molecular weight excluding hydrogens is 344 g/mol. The highest BCUT2D eigenvalue weighted by atomic mass is 16.5. The summed E-state index contributed by atoms with van der Waals surface area (Å²) in [6.07, 6.45) is 5.11. The van der Waals surface area contributed by atoms with Gasteiger partial charge in [-0.2, -0.15) is 0 Å². The lowest BCUT2D eigenvalue weighted by atomic mass is 9.88. The largest absolute Gasteiger partial charge is 0.494 e. The Bertz CT molecular complexity index is 840. The molecule has 0 atom stereocenters. The highest BCUT2D eigenvalue weighted by Crippen LogP contribution is 2.26. The van der Waals surface area contributed by atoms with Crippen molar-refractivity contribution in [1.29, 1.82) is 0 Å². The molecule has 1 aromatic carbocycles. The van der Waals surface area contributed by atoms with E-state index in [2.05, 4.69) is 4.98 Å². The number of amides is 1. The Morgan fingerprint density at radius 1 is 1.26 bits per heavy atom. The van der Waals surface area contributed by atoms with Crippen LogP contribution >= 0.6 is 0 Å². The van der Waals surface area contributed by atoms with Crippen LogP contribution < -0.4 is 10.3 Å². The molecule has 0 saturated heterocycles. The molecule has 0 spiro atoms. The number of aliphatic hydroxyl groups excluding tert-OH is 1. The molecule has 1 heterocycles. The zero-order valence-electron chi connectivity index (χ0n) is 15.9. The summed E-state index contributed by atoms with van der Waals surface area (Å²) >= 11 is 0. The van der Waals surface area contributed by atoms with E-state index in [0.717, 1.165) is 42.3 Å². The molecule has 1 fully saturated rings. The number of aliphatic hydroxyl groups is 1. The van der Waals surface area contributed by atoms with Crippen LogP contribution in [0.1, 0.15) is 44.6 Å². The molecule has 0 unspecified atom stereocenters. The number of rotatable bonds is 7. The third kappa shape index (κ3) is 4.69. The van der Waals surface area contributed by atoms with E-state index in [1.165, 1.54) is 6.42 Å². The Morgan fingerprint density at radius 2 is 2.04 bits per heavy atom. The van der Waals surface area contributed by atoms with Crippen molar-refractivity contribution in [2.24, 2.45) is 5.92 Å². The standard InChI is InChI=1S/C21H28N2O4/c1-2-27-18-8-9-19-16(13-18)12-17(20(25)22-19)14-23(10-11-24)21(26)15-6-4-3-5-7-15/h8-9,12-13,15,24H,2-7,10-11,14H2,1H3,(H,22,25). The van der Waals surface area contributed by atoms with E-state index in [0.29, 0.717) is 12.2 Å². The SMILES string of the molecule is CCOc1ccc2[nH]c(=O)c(CN(CCO)C(=O)C3CCCCC3)cc2c1. The van der Waals surface area contributed by atoms with Crippen LogP contribution in [0, 0.1) is 5.92 Å². The number of nitrogens with one attached hydrogen (secondary N) is 1. The molecule has 1 aliphatic carbocycles. The predicted octanol–water partition coefficient (Wildman–Crippen LogP) is 2.83. The number of benzene rings is 1. The zero-order valence-corrected chi connectivity index (χ0v) is 15.9. The molecule has 1 amide bonds. The Labute approximate surface area is 159 Å². The maximum Gasteiger partial charge on any atom is 0.253 e. The first-order chi connectivity index (χ1) is 13.1. The van der Waals surface area contributed by atoms with Gasteiger partial charge in [0.25, 0.3) is 5.56 Å². The number of aromatic nitrogens is 1. The molecule has 146 valence electrons. The van der Waals surface area contributed by atoms with Gasteiger partial charge in [-0.15, -0.1) is 0 Å². The molecule has 6 heteroatoms. The molecule has 27 heavy (non-hydrogen) atoms. The van der Waals surface area contributed by atoms with Crippen LogP contribution in [0.15, 0.2) is 29.1 Å². The van der Waals surface area contributed by atoms with E-state index in [1.54, 1.807) is 4.90 Å². The Kier molecular flexibility index (Phi) is 6.50. The quantitative estimate of drug-likeness (QED) is 0.783. The van der Waals surface area contributed by atoms with Crippen LogP contribution in [-0.2, 0) is 11.3 Å². The number of fused-ring (bicyclic) bond motifs is 1. The summed E-state index contributed by atoms with van der Waals surface area (Å²) < 4.78 is 5.53. The van der Waals surface area contributed by atoms with Gasteiger partial charge in [-0.3, -0.25) is 9.59 Å². The smallest absolute Gasteiger partial charge is 0.253 e. The summed E-state index contributed by atoms with van der Waals surface area (Å²) in [6, 6.07) is 7.35. The average Bonchev–Trinajstić information content (AvgIpc) is 2.68. The van der Waals surface area contributed by atoms with Crippen LogP contribution in [0.5, 0.6) is 5.75 Å². The topological polar surface area (TPSA) is 82.6 Å². The van der Waals surface area contributed by atoms with Gasteiger partial charge in [-0.1, -0.05) is 19.3 Å². The van der Waals surface area contributed by atoms with Crippen LogP contribution in [0.25, 0.3) is 10.9 Å². The van der Waals surface area contributed by atoms with E-state index in [9.17, 15) is 14.7 Å². The highest BCUT2D eigenvalue weighted by Gasteiger charge is 2.26. The number of ether oxygens (including phenoxy) is 1. The average molecular weight is 372 g/mol. The fourth-order valence-corrected chi connectivity index (χ4v) is 3.81. The fourth-order valence-electron chi connectivity index (χ4n) is 3.81. The van der Waals surface area contributed by atoms with E-state index in [-0.39, 0.29) is 37.1 Å². The van der Waals surface area contributed by atoms with Crippen molar-refractivity contribution >= 4 is 16.8 Å². The summed E-state index contributed by atoms with van der Waals surface area (Å²) in [5.74, 6) is 0.800. The monoisotopic (exact) mass is 372 g/mol. The molecule has 0 aliphatic heterocycles. The van der Waals surface area contributed by atoms with Crippen molar-refractivity contribution in [2.75, 3.05) is 19.8 Å². The normalized spacial score (nSPS) is 15.0. The molecule has 0 radical (unpaired) electrons. The minimum absolute atomic E-state index is 0.00870. The number of hydrogen-bond acceptors (Lipinski definition) is 4. The van der Waals surface area contributed by atoms with Crippen molar-refractivity contribution in [2.45, 2.75) is 45.6 Å². The first-order valence-corrected chi connectivity index (χ1v) is 9.80. The van der Waals surface area contributed by atoms with Crippen LogP contribution in [0.3, 0.4) is 0 Å². The number of carbonyl (C=O) groups is 1. The van der Waals surface area contributed by atoms with Gasteiger partial charge >= 0.3 is 0 Å². The van der Waals surface area contributed by atoms with Crippen LogP contribution in [0.4, 0.5) is 0 Å². The Hall–Kier alpha value is -2.34. The lowest BCUT2D eigenvalue weighted by Gasteiger charge is -2.29.